The molecule has 1 aliphatic heterocycles. The van der Waals surface area contributed by atoms with Gasteiger partial charge in [-0.2, -0.15) is 11.8 Å². The van der Waals surface area contributed by atoms with Crippen molar-refractivity contribution < 1.29 is 9.59 Å². The highest BCUT2D eigenvalue weighted by atomic mass is 32.2. The molecule has 1 aromatic carbocycles. The van der Waals surface area contributed by atoms with Crippen molar-refractivity contribution in [2.24, 2.45) is 0 Å². The van der Waals surface area contributed by atoms with Crippen molar-refractivity contribution in [2.45, 2.75) is 24.9 Å². The first-order chi connectivity index (χ1) is 10.2. The number of nitrogens with one attached hydrogen (secondary N) is 3. The second-order valence-electron chi connectivity index (χ2n) is 5.40. The Balaban J connectivity index is 1.55. The Bertz CT molecular complexity index is 522. The zero-order chi connectivity index (χ0) is 14.7. The lowest BCUT2D eigenvalue weighted by molar-refractivity contribution is -0.117. The Hall–Kier alpha value is -1.53. The maximum atomic E-state index is 12.1. The highest BCUT2D eigenvalue weighted by Crippen LogP contribution is 2.19. The summed E-state index contributed by atoms with van der Waals surface area (Å²) in [6.07, 6.45) is 2.15. The second kappa shape index (κ2) is 6.49. The van der Waals surface area contributed by atoms with Crippen LogP contribution in [-0.4, -0.2) is 41.9 Å². The predicted molar refractivity (Wildman–Crippen MR) is 84.7 cm³/mol. The van der Waals surface area contributed by atoms with Gasteiger partial charge in [-0.15, -0.1) is 0 Å². The molecule has 2 amide bonds. The minimum absolute atomic E-state index is 0.0163. The van der Waals surface area contributed by atoms with Crippen molar-refractivity contribution in [2.75, 3.05) is 23.4 Å². The summed E-state index contributed by atoms with van der Waals surface area (Å²) in [5.41, 5.74) is 1.35. The molecule has 0 spiro atoms. The van der Waals surface area contributed by atoms with E-state index in [1.165, 1.54) is 0 Å². The molecule has 1 saturated heterocycles. The van der Waals surface area contributed by atoms with Crippen LogP contribution in [0.2, 0.25) is 0 Å². The Kier molecular flexibility index (Phi) is 4.45. The number of hydrogen-bond donors (Lipinski definition) is 3. The molecule has 1 saturated carbocycles. The molecule has 5 nitrogen and oxygen atoms in total. The van der Waals surface area contributed by atoms with Crippen molar-refractivity contribution in [3.63, 3.8) is 0 Å². The van der Waals surface area contributed by atoms with E-state index in [0.29, 0.717) is 11.6 Å². The van der Waals surface area contributed by atoms with Crippen LogP contribution >= 0.6 is 11.8 Å². The first-order valence-corrected chi connectivity index (χ1v) is 8.41. The van der Waals surface area contributed by atoms with Crippen molar-refractivity contribution in [3.8, 4) is 0 Å². The maximum absolute atomic E-state index is 12.1. The summed E-state index contributed by atoms with van der Waals surface area (Å²) in [5, 5.41) is 9.03. The van der Waals surface area contributed by atoms with E-state index in [-0.39, 0.29) is 17.9 Å². The van der Waals surface area contributed by atoms with Gasteiger partial charge >= 0.3 is 0 Å². The van der Waals surface area contributed by atoms with Crippen LogP contribution in [0.25, 0.3) is 0 Å². The van der Waals surface area contributed by atoms with Gasteiger partial charge in [0.1, 0.15) is 0 Å². The minimum atomic E-state index is -0.137. The van der Waals surface area contributed by atoms with Crippen LogP contribution in [0.4, 0.5) is 5.69 Å². The third kappa shape index (κ3) is 3.98. The number of benzene rings is 1. The lowest BCUT2D eigenvalue weighted by atomic mass is 10.2. The van der Waals surface area contributed by atoms with E-state index in [1.807, 2.05) is 0 Å². The lowest BCUT2D eigenvalue weighted by Gasteiger charge is -2.22. The van der Waals surface area contributed by atoms with E-state index in [0.717, 1.165) is 36.6 Å². The molecule has 21 heavy (non-hydrogen) atoms. The monoisotopic (exact) mass is 305 g/mol. The van der Waals surface area contributed by atoms with Gasteiger partial charge in [-0.05, 0) is 37.1 Å². The average molecular weight is 305 g/mol. The largest absolute Gasteiger partial charge is 0.349 e. The molecule has 1 aromatic rings. The van der Waals surface area contributed by atoms with Crippen LogP contribution in [0.3, 0.4) is 0 Å². The highest BCUT2D eigenvalue weighted by Gasteiger charge is 2.24. The maximum Gasteiger partial charge on any atom is 0.251 e. The zero-order valence-corrected chi connectivity index (χ0v) is 12.5. The molecule has 1 aliphatic carbocycles. The Labute approximate surface area is 128 Å². The third-order valence-electron chi connectivity index (χ3n) is 3.57. The van der Waals surface area contributed by atoms with E-state index >= 15 is 0 Å². The van der Waals surface area contributed by atoms with Gasteiger partial charge in [-0.25, -0.2) is 0 Å². The summed E-state index contributed by atoms with van der Waals surface area (Å²) in [4.78, 5) is 23.9. The lowest BCUT2D eigenvalue weighted by Crippen LogP contribution is -2.46. The fourth-order valence-electron chi connectivity index (χ4n) is 2.16. The molecule has 2 fully saturated rings. The van der Waals surface area contributed by atoms with Gasteiger partial charge in [0.25, 0.3) is 5.91 Å². The summed E-state index contributed by atoms with van der Waals surface area (Å²) in [7, 11) is 0. The number of amides is 2. The van der Waals surface area contributed by atoms with Gasteiger partial charge in [-0.1, -0.05) is 0 Å². The number of hydrogen-bond acceptors (Lipinski definition) is 4. The SMILES string of the molecule is O=C(NC1CC1)c1ccc(NC(=O)C2CSCCN2)cc1. The molecule has 112 valence electrons. The first-order valence-electron chi connectivity index (χ1n) is 7.25. The molecular weight excluding hydrogens is 286 g/mol. The molecule has 0 aromatic heterocycles. The Morgan fingerprint density at radius 2 is 1.95 bits per heavy atom. The molecule has 6 heteroatoms. The normalized spacial score (nSPS) is 21.6. The minimum Gasteiger partial charge on any atom is -0.349 e. The van der Waals surface area contributed by atoms with Crippen molar-refractivity contribution in [3.05, 3.63) is 29.8 Å². The summed E-state index contributed by atoms with van der Waals surface area (Å²) >= 11 is 1.78. The van der Waals surface area contributed by atoms with Gasteiger partial charge in [0.05, 0.1) is 6.04 Å². The van der Waals surface area contributed by atoms with E-state index in [2.05, 4.69) is 16.0 Å². The van der Waals surface area contributed by atoms with E-state index in [4.69, 9.17) is 0 Å². The van der Waals surface area contributed by atoms with Gasteiger partial charge < -0.3 is 16.0 Å². The molecule has 2 aliphatic rings. The summed E-state index contributed by atoms with van der Waals surface area (Å²) in [6.45, 7) is 0.864. The van der Waals surface area contributed by atoms with Gasteiger partial charge in [0.2, 0.25) is 5.91 Å². The fraction of sp³-hybridized carbons (Fsp3) is 0.467. The second-order valence-corrected chi connectivity index (χ2v) is 6.55. The van der Waals surface area contributed by atoms with Crippen LogP contribution in [-0.2, 0) is 4.79 Å². The molecule has 3 N–H and O–H groups in total. The Morgan fingerprint density at radius 3 is 2.57 bits per heavy atom. The highest BCUT2D eigenvalue weighted by molar-refractivity contribution is 7.99. The van der Waals surface area contributed by atoms with Crippen LogP contribution in [0.5, 0.6) is 0 Å². The third-order valence-corrected chi connectivity index (χ3v) is 4.63. The molecular formula is C15H19N3O2S. The van der Waals surface area contributed by atoms with Gasteiger partial charge in [0, 0.05) is 35.3 Å². The van der Waals surface area contributed by atoms with Gasteiger partial charge in [-0.3, -0.25) is 9.59 Å². The zero-order valence-electron chi connectivity index (χ0n) is 11.7. The summed E-state index contributed by atoms with van der Waals surface area (Å²) in [6, 6.07) is 7.26. The van der Waals surface area contributed by atoms with Crippen LogP contribution in [0, 0.1) is 0 Å². The number of carbonyl (C=O) groups excluding carboxylic acids is 2. The number of anilines is 1. The molecule has 0 bridgehead atoms. The summed E-state index contributed by atoms with van der Waals surface area (Å²) in [5.74, 6) is 1.79. The fourth-order valence-corrected chi connectivity index (χ4v) is 3.10. The molecule has 0 radical (unpaired) electrons. The number of carbonyl (C=O) groups is 2. The summed E-state index contributed by atoms with van der Waals surface area (Å²) < 4.78 is 0. The van der Waals surface area contributed by atoms with Crippen LogP contribution in [0.1, 0.15) is 23.2 Å². The molecule has 1 atom stereocenters. The molecule has 1 unspecified atom stereocenters. The van der Waals surface area contributed by atoms with Crippen molar-refractivity contribution in [1.29, 1.82) is 0 Å². The van der Waals surface area contributed by atoms with Crippen molar-refractivity contribution in [1.82, 2.24) is 10.6 Å². The van der Waals surface area contributed by atoms with E-state index in [9.17, 15) is 9.59 Å². The quantitative estimate of drug-likeness (QED) is 0.782. The predicted octanol–water partition coefficient (Wildman–Crippen LogP) is 1.22. The topological polar surface area (TPSA) is 70.2 Å². The van der Waals surface area contributed by atoms with Crippen LogP contribution in [0.15, 0.2) is 24.3 Å². The number of thioether (sulfide) groups is 1. The van der Waals surface area contributed by atoms with Crippen molar-refractivity contribution >= 4 is 29.3 Å². The van der Waals surface area contributed by atoms with E-state index < -0.39 is 0 Å². The first kappa shape index (κ1) is 14.4. The molecule has 3 rings (SSSR count). The van der Waals surface area contributed by atoms with E-state index in [1.54, 1.807) is 36.0 Å². The van der Waals surface area contributed by atoms with Crippen LogP contribution < -0.4 is 16.0 Å². The smallest absolute Gasteiger partial charge is 0.251 e. The Morgan fingerprint density at radius 1 is 1.19 bits per heavy atom. The number of rotatable bonds is 4. The average Bonchev–Trinajstić information content (AvgIpc) is 3.33. The molecule has 1 heterocycles. The van der Waals surface area contributed by atoms with Gasteiger partial charge in [0.15, 0.2) is 0 Å². The standard InChI is InChI=1S/C15H19N3O2S/c19-14(17-12-5-6-12)10-1-3-11(4-2-10)18-15(20)13-9-21-8-7-16-13/h1-4,12-13,16H,5-9H2,(H,17,19)(H,18,20).